The Morgan fingerprint density at radius 1 is 1.10 bits per heavy atom. The molecule has 0 saturated heterocycles. The monoisotopic (exact) mass is 322 g/mol. The Morgan fingerprint density at radius 3 is 2.52 bits per heavy atom. The van der Waals surface area contributed by atoms with Crippen molar-refractivity contribution in [3.8, 4) is 0 Å². The van der Waals surface area contributed by atoms with E-state index in [0.717, 1.165) is 18.4 Å². The highest BCUT2D eigenvalue weighted by molar-refractivity contribution is 7.92. The fourth-order valence-electron chi connectivity index (χ4n) is 2.62. The van der Waals surface area contributed by atoms with Crippen molar-refractivity contribution in [3.05, 3.63) is 53.1 Å². The van der Waals surface area contributed by atoms with Crippen LogP contribution in [0.3, 0.4) is 0 Å². The summed E-state index contributed by atoms with van der Waals surface area (Å²) in [5.41, 5.74) is 8.07. The molecule has 0 aromatic heterocycles. The molecular formula is C15H15ClN2O2S. The third-order valence-electron chi connectivity index (χ3n) is 3.61. The van der Waals surface area contributed by atoms with Crippen molar-refractivity contribution in [1.82, 2.24) is 0 Å². The molecule has 0 spiro atoms. The van der Waals surface area contributed by atoms with Gasteiger partial charge in [-0.05, 0) is 48.7 Å². The SMILES string of the molecule is Nc1cccc2c1N(S(=O)(=O)c1ccc(Cl)cc1)CCC2. The maximum Gasteiger partial charge on any atom is 0.264 e. The van der Waals surface area contributed by atoms with Gasteiger partial charge in [-0.15, -0.1) is 0 Å². The van der Waals surface area contributed by atoms with Gasteiger partial charge in [0.2, 0.25) is 0 Å². The molecule has 1 heterocycles. The molecule has 0 atom stereocenters. The Hall–Kier alpha value is -1.72. The van der Waals surface area contributed by atoms with E-state index < -0.39 is 10.0 Å². The van der Waals surface area contributed by atoms with E-state index >= 15 is 0 Å². The lowest BCUT2D eigenvalue weighted by Gasteiger charge is -2.31. The first-order valence-corrected chi connectivity index (χ1v) is 8.47. The summed E-state index contributed by atoms with van der Waals surface area (Å²) in [5.74, 6) is 0. The highest BCUT2D eigenvalue weighted by Gasteiger charge is 2.30. The molecule has 0 aliphatic carbocycles. The summed E-state index contributed by atoms with van der Waals surface area (Å²) in [7, 11) is -3.62. The molecular weight excluding hydrogens is 308 g/mol. The number of hydrogen-bond acceptors (Lipinski definition) is 3. The van der Waals surface area contributed by atoms with Gasteiger partial charge in [0.25, 0.3) is 10.0 Å². The summed E-state index contributed by atoms with van der Waals surface area (Å²) in [4.78, 5) is 0.225. The third-order valence-corrected chi connectivity index (χ3v) is 5.67. The molecule has 1 aliphatic heterocycles. The standard InChI is InChI=1S/C15H15ClN2O2S/c16-12-6-8-13(9-7-12)21(19,20)18-10-2-4-11-3-1-5-14(17)15(11)18/h1,3,5-9H,2,4,10,17H2. The predicted molar refractivity (Wildman–Crippen MR) is 85.2 cm³/mol. The fraction of sp³-hybridized carbons (Fsp3) is 0.200. The van der Waals surface area contributed by atoms with Crippen LogP contribution in [-0.2, 0) is 16.4 Å². The normalized spacial score (nSPS) is 14.8. The van der Waals surface area contributed by atoms with Gasteiger partial charge in [0, 0.05) is 11.6 Å². The van der Waals surface area contributed by atoms with Crippen LogP contribution >= 0.6 is 11.6 Å². The van der Waals surface area contributed by atoms with Gasteiger partial charge in [0.1, 0.15) is 0 Å². The van der Waals surface area contributed by atoms with Gasteiger partial charge >= 0.3 is 0 Å². The topological polar surface area (TPSA) is 63.4 Å². The van der Waals surface area contributed by atoms with E-state index in [1.54, 1.807) is 18.2 Å². The first kappa shape index (κ1) is 14.2. The minimum Gasteiger partial charge on any atom is -0.397 e. The van der Waals surface area contributed by atoms with Crippen molar-refractivity contribution < 1.29 is 8.42 Å². The predicted octanol–water partition coefficient (Wildman–Crippen LogP) is 3.06. The maximum absolute atomic E-state index is 12.8. The van der Waals surface area contributed by atoms with Crippen LogP contribution in [-0.4, -0.2) is 15.0 Å². The minimum absolute atomic E-state index is 0.225. The zero-order chi connectivity index (χ0) is 15.0. The molecule has 0 bridgehead atoms. The van der Waals surface area contributed by atoms with Crippen molar-refractivity contribution >= 4 is 33.0 Å². The summed E-state index contributed by atoms with van der Waals surface area (Å²) in [6.45, 7) is 0.437. The number of anilines is 2. The zero-order valence-electron chi connectivity index (χ0n) is 11.3. The van der Waals surface area contributed by atoms with Crippen molar-refractivity contribution in [1.29, 1.82) is 0 Å². The molecule has 110 valence electrons. The number of rotatable bonds is 2. The second-order valence-corrected chi connectivity index (χ2v) is 7.29. The number of nitrogens with zero attached hydrogens (tertiary/aromatic N) is 1. The lowest BCUT2D eigenvalue weighted by Crippen LogP contribution is -2.36. The summed E-state index contributed by atoms with van der Waals surface area (Å²) in [6, 6.07) is 11.7. The van der Waals surface area contributed by atoms with Crippen LogP contribution in [0.4, 0.5) is 11.4 Å². The smallest absolute Gasteiger partial charge is 0.264 e. The van der Waals surface area contributed by atoms with Gasteiger partial charge in [-0.3, -0.25) is 4.31 Å². The van der Waals surface area contributed by atoms with E-state index in [2.05, 4.69) is 0 Å². The van der Waals surface area contributed by atoms with Crippen LogP contribution in [0.1, 0.15) is 12.0 Å². The Balaban J connectivity index is 2.12. The van der Waals surface area contributed by atoms with E-state index in [4.69, 9.17) is 17.3 Å². The highest BCUT2D eigenvalue weighted by atomic mass is 35.5. The Kier molecular flexibility index (Phi) is 3.55. The van der Waals surface area contributed by atoms with Crippen molar-refractivity contribution in [2.75, 3.05) is 16.6 Å². The number of nitrogens with two attached hydrogens (primary N) is 1. The van der Waals surface area contributed by atoms with Crippen molar-refractivity contribution in [3.63, 3.8) is 0 Å². The summed E-state index contributed by atoms with van der Waals surface area (Å²) < 4.78 is 27.1. The van der Waals surface area contributed by atoms with Crippen LogP contribution in [0.2, 0.25) is 5.02 Å². The van der Waals surface area contributed by atoms with Crippen LogP contribution in [0, 0.1) is 0 Å². The average Bonchev–Trinajstić information content (AvgIpc) is 2.47. The molecule has 0 saturated carbocycles. The molecule has 0 fully saturated rings. The number of nitrogen functional groups attached to an aromatic ring is 1. The summed E-state index contributed by atoms with van der Waals surface area (Å²) in [5, 5.41) is 0.507. The molecule has 21 heavy (non-hydrogen) atoms. The van der Waals surface area contributed by atoms with E-state index in [0.29, 0.717) is 22.9 Å². The first-order chi connectivity index (χ1) is 10.00. The van der Waals surface area contributed by atoms with Gasteiger partial charge in [-0.2, -0.15) is 0 Å². The number of halogens is 1. The van der Waals surface area contributed by atoms with E-state index in [9.17, 15) is 8.42 Å². The summed E-state index contributed by atoms with van der Waals surface area (Å²) in [6.07, 6.45) is 1.62. The second kappa shape index (κ2) is 5.24. The van der Waals surface area contributed by atoms with Crippen LogP contribution in [0.5, 0.6) is 0 Å². The van der Waals surface area contributed by atoms with E-state index in [-0.39, 0.29) is 4.90 Å². The number of hydrogen-bond donors (Lipinski definition) is 1. The van der Waals surface area contributed by atoms with Crippen LogP contribution < -0.4 is 10.0 Å². The molecule has 2 aromatic carbocycles. The lowest BCUT2D eigenvalue weighted by molar-refractivity contribution is 0.586. The fourth-order valence-corrected chi connectivity index (χ4v) is 4.31. The van der Waals surface area contributed by atoms with Crippen LogP contribution in [0.15, 0.2) is 47.4 Å². The first-order valence-electron chi connectivity index (χ1n) is 6.66. The van der Waals surface area contributed by atoms with E-state index in [1.807, 2.05) is 12.1 Å². The molecule has 2 aromatic rings. The molecule has 0 unspecified atom stereocenters. The van der Waals surface area contributed by atoms with Gasteiger partial charge in [-0.1, -0.05) is 23.7 Å². The Morgan fingerprint density at radius 2 is 1.81 bits per heavy atom. The quantitative estimate of drug-likeness (QED) is 0.864. The van der Waals surface area contributed by atoms with Gasteiger partial charge < -0.3 is 5.73 Å². The van der Waals surface area contributed by atoms with E-state index in [1.165, 1.54) is 16.4 Å². The number of benzene rings is 2. The largest absolute Gasteiger partial charge is 0.397 e. The van der Waals surface area contributed by atoms with Crippen LogP contribution in [0.25, 0.3) is 0 Å². The van der Waals surface area contributed by atoms with Gasteiger partial charge in [0.15, 0.2) is 0 Å². The summed E-state index contributed by atoms with van der Waals surface area (Å²) >= 11 is 5.83. The second-order valence-electron chi connectivity index (χ2n) is 4.99. The number of aryl methyl sites for hydroxylation is 1. The highest BCUT2D eigenvalue weighted by Crippen LogP contribution is 2.36. The molecule has 0 radical (unpaired) electrons. The lowest BCUT2D eigenvalue weighted by atomic mass is 10.0. The molecule has 1 aliphatic rings. The molecule has 0 amide bonds. The molecule has 6 heteroatoms. The molecule has 2 N–H and O–H groups in total. The maximum atomic E-state index is 12.8. The van der Waals surface area contributed by atoms with Gasteiger partial charge in [0.05, 0.1) is 16.3 Å². The average molecular weight is 323 g/mol. The molecule has 3 rings (SSSR count). The van der Waals surface area contributed by atoms with Gasteiger partial charge in [-0.25, -0.2) is 8.42 Å². The minimum atomic E-state index is -3.62. The number of sulfonamides is 1. The Bertz CT molecular complexity index is 773. The molecule has 4 nitrogen and oxygen atoms in total. The zero-order valence-corrected chi connectivity index (χ0v) is 12.9. The number of para-hydroxylation sites is 1. The third kappa shape index (κ3) is 2.47. The Labute approximate surface area is 129 Å². The van der Waals surface area contributed by atoms with Crippen molar-refractivity contribution in [2.24, 2.45) is 0 Å². The number of fused-ring (bicyclic) bond motifs is 1. The van der Waals surface area contributed by atoms with Crippen molar-refractivity contribution in [2.45, 2.75) is 17.7 Å².